The Balaban J connectivity index is 1.85. The van der Waals surface area contributed by atoms with E-state index < -0.39 is 0 Å². The Kier molecular flexibility index (Phi) is 4.71. The zero-order valence-corrected chi connectivity index (χ0v) is 12.6. The van der Waals surface area contributed by atoms with Crippen molar-refractivity contribution in [3.05, 3.63) is 0 Å². The molecule has 4 atom stereocenters. The lowest BCUT2D eigenvalue weighted by molar-refractivity contribution is 0.0158. The summed E-state index contributed by atoms with van der Waals surface area (Å²) in [5, 5.41) is 10.2. The molecule has 0 radical (unpaired) electrons. The van der Waals surface area contributed by atoms with Crippen LogP contribution in [0, 0.1) is 23.7 Å². The van der Waals surface area contributed by atoms with Gasteiger partial charge in [-0.25, -0.2) is 0 Å². The van der Waals surface area contributed by atoms with E-state index in [9.17, 15) is 5.11 Å². The summed E-state index contributed by atoms with van der Waals surface area (Å²) >= 11 is 0. The molecule has 0 heterocycles. The fourth-order valence-electron chi connectivity index (χ4n) is 3.56. The summed E-state index contributed by atoms with van der Waals surface area (Å²) in [5.41, 5.74) is 0. The van der Waals surface area contributed by atoms with Crippen molar-refractivity contribution in [2.75, 3.05) is 13.6 Å². The first-order valence-corrected chi connectivity index (χ1v) is 7.87. The van der Waals surface area contributed by atoms with Crippen LogP contribution in [0.4, 0.5) is 0 Å². The molecule has 0 aromatic heterocycles. The number of hydrogen-bond donors (Lipinski definition) is 1. The highest BCUT2D eigenvalue weighted by Gasteiger charge is 2.35. The third kappa shape index (κ3) is 3.48. The third-order valence-corrected chi connectivity index (χ3v) is 5.45. The summed E-state index contributed by atoms with van der Waals surface area (Å²) in [5.74, 6) is 3.02. The van der Waals surface area contributed by atoms with Crippen LogP contribution in [-0.2, 0) is 0 Å². The lowest BCUT2D eigenvalue weighted by Crippen LogP contribution is -2.42. The predicted octanol–water partition coefficient (Wildman–Crippen LogP) is 3.15. The maximum Gasteiger partial charge on any atom is 0.0580 e. The highest BCUT2D eigenvalue weighted by atomic mass is 16.3. The number of aliphatic hydroxyl groups is 1. The van der Waals surface area contributed by atoms with E-state index in [1.165, 1.54) is 25.7 Å². The van der Waals surface area contributed by atoms with Crippen molar-refractivity contribution in [3.63, 3.8) is 0 Å². The molecule has 0 aromatic rings. The highest BCUT2D eigenvalue weighted by molar-refractivity contribution is 4.87. The Bertz CT molecular complexity index is 262. The molecule has 2 nitrogen and oxygen atoms in total. The molecular weight excluding hydrogens is 222 g/mol. The van der Waals surface area contributed by atoms with Crippen LogP contribution in [0.15, 0.2) is 0 Å². The highest BCUT2D eigenvalue weighted by Crippen LogP contribution is 2.37. The molecule has 2 saturated carbocycles. The number of hydrogen-bond acceptors (Lipinski definition) is 2. The van der Waals surface area contributed by atoms with Gasteiger partial charge in [-0.15, -0.1) is 0 Å². The summed E-state index contributed by atoms with van der Waals surface area (Å²) in [6.45, 7) is 8.10. The summed E-state index contributed by atoms with van der Waals surface area (Å²) in [6, 6.07) is 0.705. The Morgan fingerprint density at radius 2 is 1.67 bits per heavy atom. The summed E-state index contributed by atoms with van der Waals surface area (Å²) in [6.07, 6.45) is 6.21. The average Bonchev–Trinajstić information content (AvgIpc) is 3.14. The van der Waals surface area contributed by atoms with Gasteiger partial charge in [0.15, 0.2) is 0 Å². The van der Waals surface area contributed by atoms with Gasteiger partial charge in [-0.2, -0.15) is 0 Å². The van der Waals surface area contributed by atoms with Crippen molar-refractivity contribution in [3.8, 4) is 0 Å². The fourth-order valence-corrected chi connectivity index (χ4v) is 3.56. The van der Waals surface area contributed by atoms with Gasteiger partial charge >= 0.3 is 0 Å². The van der Waals surface area contributed by atoms with Gasteiger partial charge in [0.05, 0.1) is 6.10 Å². The zero-order chi connectivity index (χ0) is 13.3. The minimum Gasteiger partial charge on any atom is -0.393 e. The standard InChI is InChI=1S/C16H31NO/c1-11(2)14-7-8-16(18)15(9-14)10-17(4)12(3)13-5-6-13/h11-16,18H,5-10H2,1-4H3. The second-order valence-corrected chi connectivity index (χ2v) is 7.16. The lowest BCUT2D eigenvalue weighted by Gasteiger charge is -2.38. The SMILES string of the molecule is CC(C)C1CCC(O)C(CN(C)C(C)C2CC2)C1. The lowest BCUT2D eigenvalue weighted by atomic mass is 9.74. The van der Waals surface area contributed by atoms with E-state index in [1.807, 2.05) is 0 Å². The normalized spacial score (nSPS) is 35.2. The molecule has 2 aliphatic carbocycles. The molecule has 0 saturated heterocycles. The molecule has 2 aliphatic rings. The average molecular weight is 253 g/mol. The maximum atomic E-state index is 10.2. The molecule has 0 amide bonds. The summed E-state index contributed by atoms with van der Waals surface area (Å²) in [7, 11) is 2.24. The van der Waals surface area contributed by atoms with Gasteiger partial charge in [-0.1, -0.05) is 13.8 Å². The Labute approximate surface area is 113 Å². The topological polar surface area (TPSA) is 23.5 Å². The Morgan fingerprint density at radius 3 is 2.22 bits per heavy atom. The quantitative estimate of drug-likeness (QED) is 0.813. The van der Waals surface area contributed by atoms with Crippen molar-refractivity contribution in [1.82, 2.24) is 4.90 Å². The number of aliphatic hydroxyl groups excluding tert-OH is 1. The van der Waals surface area contributed by atoms with E-state index >= 15 is 0 Å². The van der Waals surface area contributed by atoms with E-state index in [0.717, 1.165) is 30.7 Å². The van der Waals surface area contributed by atoms with Gasteiger partial charge in [0.2, 0.25) is 0 Å². The van der Waals surface area contributed by atoms with Crippen LogP contribution in [0.5, 0.6) is 0 Å². The van der Waals surface area contributed by atoms with Gasteiger partial charge in [0, 0.05) is 12.6 Å². The first kappa shape index (κ1) is 14.3. The van der Waals surface area contributed by atoms with Crippen molar-refractivity contribution in [1.29, 1.82) is 0 Å². The first-order valence-electron chi connectivity index (χ1n) is 7.87. The molecule has 106 valence electrons. The minimum atomic E-state index is -0.0612. The molecule has 1 N–H and O–H groups in total. The molecule has 2 rings (SSSR count). The minimum absolute atomic E-state index is 0.0612. The number of nitrogens with zero attached hydrogens (tertiary/aromatic N) is 1. The molecule has 4 unspecified atom stereocenters. The van der Waals surface area contributed by atoms with Crippen LogP contribution in [0.2, 0.25) is 0 Å². The molecule has 0 spiro atoms. The Hall–Kier alpha value is -0.0800. The third-order valence-electron chi connectivity index (χ3n) is 5.45. The van der Waals surface area contributed by atoms with Crippen molar-refractivity contribution < 1.29 is 5.11 Å². The van der Waals surface area contributed by atoms with Crippen molar-refractivity contribution in [2.24, 2.45) is 23.7 Å². The smallest absolute Gasteiger partial charge is 0.0580 e. The maximum absolute atomic E-state index is 10.2. The van der Waals surface area contributed by atoms with Gasteiger partial charge in [0.1, 0.15) is 0 Å². The second-order valence-electron chi connectivity index (χ2n) is 7.16. The number of rotatable bonds is 5. The molecule has 18 heavy (non-hydrogen) atoms. The van der Waals surface area contributed by atoms with Crippen molar-refractivity contribution in [2.45, 2.75) is 65.0 Å². The molecule has 0 aliphatic heterocycles. The van der Waals surface area contributed by atoms with Gasteiger partial charge < -0.3 is 10.0 Å². The second kappa shape index (κ2) is 5.92. The monoisotopic (exact) mass is 253 g/mol. The molecule has 0 bridgehead atoms. The van der Waals surface area contributed by atoms with Crippen molar-refractivity contribution >= 4 is 0 Å². The Morgan fingerprint density at radius 1 is 1.06 bits per heavy atom. The molecular formula is C16H31NO. The fraction of sp³-hybridized carbons (Fsp3) is 1.00. The van der Waals surface area contributed by atoms with Crippen LogP contribution >= 0.6 is 0 Å². The molecule has 0 aromatic carbocycles. The largest absolute Gasteiger partial charge is 0.393 e. The van der Waals surface area contributed by atoms with Crippen LogP contribution in [0.1, 0.15) is 52.9 Å². The van der Waals surface area contributed by atoms with Gasteiger partial charge in [-0.05, 0) is 69.7 Å². The molecule has 2 fully saturated rings. The van der Waals surface area contributed by atoms with E-state index in [2.05, 4.69) is 32.7 Å². The van der Waals surface area contributed by atoms with Gasteiger partial charge in [-0.3, -0.25) is 0 Å². The predicted molar refractivity (Wildman–Crippen MR) is 76.5 cm³/mol. The van der Waals surface area contributed by atoms with E-state index in [-0.39, 0.29) is 6.10 Å². The van der Waals surface area contributed by atoms with Crippen LogP contribution in [0.3, 0.4) is 0 Å². The van der Waals surface area contributed by atoms with E-state index in [0.29, 0.717) is 12.0 Å². The first-order chi connectivity index (χ1) is 8.49. The summed E-state index contributed by atoms with van der Waals surface area (Å²) < 4.78 is 0. The van der Waals surface area contributed by atoms with Crippen LogP contribution in [0.25, 0.3) is 0 Å². The van der Waals surface area contributed by atoms with E-state index in [4.69, 9.17) is 0 Å². The van der Waals surface area contributed by atoms with Crippen LogP contribution < -0.4 is 0 Å². The van der Waals surface area contributed by atoms with E-state index in [1.54, 1.807) is 0 Å². The zero-order valence-electron chi connectivity index (χ0n) is 12.6. The molecule has 2 heteroatoms. The van der Waals surface area contributed by atoms with Gasteiger partial charge in [0.25, 0.3) is 0 Å². The van der Waals surface area contributed by atoms with Crippen LogP contribution in [-0.4, -0.2) is 35.7 Å². The summed E-state index contributed by atoms with van der Waals surface area (Å²) in [4.78, 5) is 2.49.